The van der Waals surface area contributed by atoms with Gasteiger partial charge in [0.1, 0.15) is 6.04 Å². The molecule has 5 nitrogen and oxygen atoms in total. The second-order valence-electron chi connectivity index (χ2n) is 4.84. The molecule has 0 saturated carbocycles. The molecule has 1 amide bonds. The molecule has 0 bridgehead atoms. The van der Waals surface area contributed by atoms with E-state index in [2.05, 4.69) is 0 Å². The molecular formula is C14H16ClNO4S. The van der Waals surface area contributed by atoms with Crippen molar-refractivity contribution in [3.05, 3.63) is 29.3 Å². The number of amides is 1. The highest BCUT2D eigenvalue weighted by Gasteiger charge is 2.38. The minimum absolute atomic E-state index is 0.0986. The summed E-state index contributed by atoms with van der Waals surface area (Å²) >= 11 is 7.30. The van der Waals surface area contributed by atoms with Crippen molar-refractivity contribution in [3.63, 3.8) is 0 Å². The zero-order valence-electron chi connectivity index (χ0n) is 11.2. The summed E-state index contributed by atoms with van der Waals surface area (Å²) in [6.45, 7) is 0.0986. The fourth-order valence-corrected chi connectivity index (χ4v) is 3.22. The van der Waals surface area contributed by atoms with Crippen LogP contribution in [0.15, 0.2) is 29.2 Å². The first-order valence-electron chi connectivity index (χ1n) is 6.56. The van der Waals surface area contributed by atoms with Gasteiger partial charge in [-0.15, -0.1) is 11.8 Å². The topological polar surface area (TPSA) is 77.8 Å². The lowest BCUT2D eigenvalue weighted by atomic mass is 10.2. The highest BCUT2D eigenvalue weighted by molar-refractivity contribution is 7.99. The van der Waals surface area contributed by atoms with Crippen molar-refractivity contribution in [1.29, 1.82) is 0 Å². The van der Waals surface area contributed by atoms with E-state index in [9.17, 15) is 14.7 Å². The smallest absolute Gasteiger partial charge is 0.326 e. The number of hydrogen-bond donors (Lipinski definition) is 2. The average molecular weight is 330 g/mol. The Morgan fingerprint density at radius 1 is 1.33 bits per heavy atom. The number of carbonyl (C=O) groups excluding carboxylic acids is 1. The molecule has 114 valence electrons. The van der Waals surface area contributed by atoms with Crippen molar-refractivity contribution < 1.29 is 19.8 Å². The summed E-state index contributed by atoms with van der Waals surface area (Å²) in [5.41, 5.74) is 0. The summed E-state index contributed by atoms with van der Waals surface area (Å²) in [5, 5.41) is 19.2. The van der Waals surface area contributed by atoms with E-state index in [1.807, 2.05) is 12.1 Å². The zero-order valence-corrected chi connectivity index (χ0v) is 12.8. The van der Waals surface area contributed by atoms with Crippen molar-refractivity contribution in [2.45, 2.75) is 29.9 Å². The van der Waals surface area contributed by atoms with E-state index in [-0.39, 0.29) is 25.3 Å². The molecule has 2 rings (SSSR count). The van der Waals surface area contributed by atoms with Gasteiger partial charge in [-0.05, 0) is 24.3 Å². The highest BCUT2D eigenvalue weighted by atomic mass is 35.5. The van der Waals surface area contributed by atoms with Crippen molar-refractivity contribution in [3.8, 4) is 0 Å². The van der Waals surface area contributed by atoms with Crippen molar-refractivity contribution >= 4 is 35.2 Å². The van der Waals surface area contributed by atoms with Crippen LogP contribution in [-0.4, -0.2) is 51.4 Å². The number of carbonyl (C=O) groups is 2. The van der Waals surface area contributed by atoms with E-state index in [1.54, 1.807) is 12.1 Å². The molecule has 0 radical (unpaired) electrons. The summed E-state index contributed by atoms with van der Waals surface area (Å²) in [5.74, 6) is -0.745. The molecule has 1 aliphatic rings. The predicted molar refractivity (Wildman–Crippen MR) is 80.6 cm³/mol. The van der Waals surface area contributed by atoms with Crippen LogP contribution in [0.4, 0.5) is 0 Å². The largest absolute Gasteiger partial charge is 0.480 e. The maximum absolute atomic E-state index is 12.1. The van der Waals surface area contributed by atoms with Gasteiger partial charge in [0, 0.05) is 35.1 Å². The molecule has 21 heavy (non-hydrogen) atoms. The van der Waals surface area contributed by atoms with Gasteiger partial charge in [-0.1, -0.05) is 11.6 Å². The number of carboxylic acid groups (broad SMARTS) is 1. The van der Waals surface area contributed by atoms with Gasteiger partial charge in [0.05, 0.1) is 6.10 Å². The lowest BCUT2D eigenvalue weighted by Crippen LogP contribution is -2.40. The molecule has 2 atom stereocenters. The number of benzene rings is 1. The van der Waals surface area contributed by atoms with E-state index >= 15 is 0 Å². The normalized spacial score (nSPS) is 21.5. The summed E-state index contributed by atoms with van der Waals surface area (Å²) in [6, 6.07) is 6.40. The van der Waals surface area contributed by atoms with Gasteiger partial charge in [-0.2, -0.15) is 0 Å². The van der Waals surface area contributed by atoms with E-state index in [0.717, 1.165) is 4.90 Å². The third-order valence-corrected chi connectivity index (χ3v) is 4.55. The van der Waals surface area contributed by atoms with Crippen LogP contribution in [0, 0.1) is 0 Å². The SMILES string of the molecule is O=C(O)[C@@H]1C[C@H](O)CN1C(=O)CCSc1ccc(Cl)cc1. The highest BCUT2D eigenvalue weighted by Crippen LogP contribution is 2.23. The molecule has 0 aliphatic carbocycles. The molecule has 7 heteroatoms. The molecule has 0 unspecified atom stereocenters. The van der Waals surface area contributed by atoms with Crippen molar-refractivity contribution in [1.82, 2.24) is 4.90 Å². The zero-order chi connectivity index (χ0) is 15.4. The quantitative estimate of drug-likeness (QED) is 0.806. The fraction of sp³-hybridized carbons (Fsp3) is 0.429. The number of aliphatic hydroxyl groups excluding tert-OH is 1. The molecule has 0 spiro atoms. The first-order valence-corrected chi connectivity index (χ1v) is 7.92. The Hall–Kier alpha value is -1.24. The third-order valence-electron chi connectivity index (χ3n) is 3.28. The van der Waals surface area contributed by atoms with Gasteiger partial charge in [0.25, 0.3) is 0 Å². The number of likely N-dealkylation sites (tertiary alicyclic amines) is 1. The van der Waals surface area contributed by atoms with Crippen LogP contribution in [-0.2, 0) is 9.59 Å². The van der Waals surface area contributed by atoms with Gasteiger partial charge >= 0.3 is 5.97 Å². The number of hydrogen-bond acceptors (Lipinski definition) is 4. The number of aliphatic hydroxyl groups is 1. The molecule has 1 heterocycles. The minimum Gasteiger partial charge on any atom is -0.480 e. The van der Waals surface area contributed by atoms with E-state index < -0.39 is 18.1 Å². The Labute approximate surface area is 131 Å². The van der Waals surface area contributed by atoms with Crippen LogP contribution >= 0.6 is 23.4 Å². The molecule has 1 aliphatic heterocycles. The predicted octanol–water partition coefficient (Wildman–Crippen LogP) is 1.87. The fourth-order valence-electron chi connectivity index (χ4n) is 2.25. The number of carboxylic acids is 1. The Balaban J connectivity index is 1.84. The Bertz CT molecular complexity index is 522. The number of thioether (sulfide) groups is 1. The van der Waals surface area contributed by atoms with Gasteiger partial charge in [-0.3, -0.25) is 4.79 Å². The second kappa shape index (κ2) is 7.15. The molecular weight excluding hydrogens is 314 g/mol. The summed E-state index contributed by atoms with van der Waals surface area (Å²) in [6.07, 6.45) is -0.409. The first-order chi connectivity index (χ1) is 9.97. The Morgan fingerprint density at radius 2 is 2.00 bits per heavy atom. The number of rotatable bonds is 5. The maximum Gasteiger partial charge on any atom is 0.326 e. The third kappa shape index (κ3) is 4.36. The van der Waals surface area contributed by atoms with Crippen LogP contribution in [0.5, 0.6) is 0 Å². The summed E-state index contributed by atoms with van der Waals surface area (Å²) in [7, 11) is 0. The number of nitrogens with zero attached hydrogens (tertiary/aromatic N) is 1. The molecule has 2 N–H and O–H groups in total. The number of aliphatic carboxylic acids is 1. The van der Waals surface area contributed by atoms with Crippen LogP contribution in [0.3, 0.4) is 0 Å². The standard InChI is InChI=1S/C14H16ClNO4S/c15-9-1-3-11(4-2-9)21-6-5-13(18)16-8-10(17)7-12(16)14(19)20/h1-4,10,12,17H,5-8H2,(H,19,20)/t10-,12-/m0/s1. The summed E-state index contributed by atoms with van der Waals surface area (Å²) < 4.78 is 0. The minimum atomic E-state index is -1.06. The Morgan fingerprint density at radius 3 is 2.62 bits per heavy atom. The van der Waals surface area contributed by atoms with Crippen LogP contribution in [0.2, 0.25) is 5.02 Å². The summed E-state index contributed by atoms with van der Waals surface area (Å²) in [4.78, 5) is 25.4. The molecule has 1 saturated heterocycles. The molecule has 1 fully saturated rings. The lowest BCUT2D eigenvalue weighted by Gasteiger charge is -2.20. The van der Waals surface area contributed by atoms with Crippen LogP contribution in [0.1, 0.15) is 12.8 Å². The van der Waals surface area contributed by atoms with E-state index in [0.29, 0.717) is 10.8 Å². The first kappa shape index (κ1) is 16.1. The van der Waals surface area contributed by atoms with Gasteiger partial charge in [0.15, 0.2) is 0 Å². The lowest BCUT2D eigenvalue weighted by molar-refractivity contribution is -0.148. The van der Waals surface area contributed by atoms with E-state index in [4.69, 9.17) is 16.7 Å². The van der Waals surface area contributed by atoms with Crippen molar-refractivity contribution in [2.24, 2.45) is 0 Å². The van der Waals surface area contributed by atoms with Crippen LogP contribution in [0.25, 0.3) is 0 Å². The monoisotopic (exact) mass is 329 g/mol. The van der Waals surface area contributed by atoms with Gasteiger partial charge < -0.3 is 15.1 Å². The molecule has 0 aromatic heterocycles. The number of halogens is 1. The molecule has 1 aromatic carbocycles. The average Bonchev–Trinajstić information content (AvgIpc) is 2.83. The van der Waals surface area contributed by atoms with Gasteiger partial charge in [-0.25, -0.2) is 4.79 Å². The molecule has 1 aromatic rings. The van der Waals surface area contributed by atoms with Crippen LogP contribution < -0.4 is 0 Å². The van der Waals surface area contributed by atoms with Gasteiger partial charge in [0.2, 0.25) is 5.91 Å². The maximum atomic E-state index is 12.1. The van der Waals surface area contributed by atoms with E-state index in [1.165, 1.54) is 16.7 Å². The Kier molecular flexibility index (Phi) is 5.50. The van der Waals surface area contributed by atoms with Crippen molar-refractivity contribution in [2.75, 3.05) is 12.3 Å². The second-order valence-corrected chi connectivity index (χ2v) is 6.45. The number of β-amino-alcohol motifs (C(OH)–C–C–N with tert-alkyl or cyclic N) is 1.